The van der Waals surface area contributed by atoms with Crippen molar-refractivity contribution in [2.24, 2.45) is 4.99 Å². The minimum Gasteiger partial charge on any atom is -0.337 e. The molecule has 242 valence electrons. The normalized spacial score (nSPS) is 19.2. The molecule has 2 aromatic heterocycles. The fourth-order valence-corrected chi connectivity index (χ4v) is 5.76. The molecule has 2 fully saturated rings. The van der Waals surface area contributed by atoms with Gasteiger partial charge in [0.1, 0.15) is 6.04 Å². The molecule has 0 saturated carbocycles. The van der Waals surface area contributed by atoms with Crippen LogP contribution in [0.25, 0.3) is 11.2 Å². The summed E-state index contributed by atoms with van der Waals surface area (Å²) in [6.07, 6.45) is 8.35. The molecule has 1 aromatic carbocycles. The van der Waals surface area contributed by atoms with Crippen molar-refractivity contribution in [1.82, 2.24) is 29.7 Å². The number of hydrogen-bond donors (Lipinski definition) is 2. The van der Waals surface area contributed by atoms with Crippen LogP contribution >= 0.6 is 0 Å². The molecule has 10 nitrogen and oxygen atoms in total. The average molecular weight is 624 g/mol. The molecule has 2 atom stereocenters. The zero-order valence-electron chi connectivity index (χ0n) is 26.2. The fraction of sp³-hybridized carbons (Fsp3) is 0.424. The van der Waals surface area contributed by atoms with Gasteiger partial charge in [0.15, 0.2) is 17.3 Å². The highest BCUT2D eigenvalue weighted by atomic mass is 19.2. The third-order valence-corrected chi connectivity index (χ3v) is 7.85. The number of aromatic amines is 1. The first-order valence-electron chi connectivity index (χ1n) is 15.3. The number of carbonyl (C=O) groups excluding carboxylic acids is 2. The summed E-state index contributed by atoms with van der Waals surface area (Å²) in [5, 5.41) is 2.89. The number of nitrogens with zero attached hydrogens (tertiary/aromatic N) is 5. The van der Waals surface area contributed by atoms with Crippen molar-refractivity contribution in [2.45, 2.75) is 64.5 Å². The summed E-state index contributed by atoms with van der Waals surface area (Å²) >= 11 is 0. The van der Waals surface area contributed by atoms with Crippen molar-refractivity contribution in [3.8, 4) is 0 Å². The highest BCUT2D eigenvalue weighted by molar-refractivity contribution is 5.87. The molecular formula is C33H43F2N7O3. The molecular weight excluding hydrogens is 580 g/mol. The summed E-state index contributed by atoms with van der Waals surface area (Å²) in [5.41, 5.74) is 1.25. The first kappa shape index (κ1) is 34.9. The maximum Gasteiger partial charge on any atom is 0.327 e. The predicted octanol–water partition coefficient (Wildman–Crippen LogP) is 5.56. The van der Waals surface area contributed by atoms with E-state index in [0.717, 1.165) is 11.6 Å². The summed E-state index contributed by atoms with van der Waals surface area (Å²) in [6.45, 7) is 13.0. The second kappa shape index (κ2) is 17.0. The number of amides is 3. The molecule has 2 aliphatic heterocycles. The number of carbonyl (C=O) groups is 2. The van der Waals surface area contributed by atoms with E-state index in [1.165, 1.54) is 6.07 Å². The molecule has 12 heteroatoms. The predicted molar refractivity (Wildman–Crippen MR) is 173 cm³/mol. The van der Waals surface area contributed by atoms with E-state index < -0.39 is 23.6 Å². The van der Waals surface area contributed by atoms with Crippen molar-refractivity contribution >= 4 is 29.3 Å². The van der Waals surface area contributed by atoms with Crippen LogP contribution in [0.4, 0.5) is 13.6 Å². The minimum atomic E-state index is -0.929. The van der Waals surface area contributed by atoms with E-state index in [2.05, 4.69) is 33.4 Å². The van der Waals surface area contributed by atoms with Crippen molar-refractivity contribution in [3.63, 3.8) is 0 Å². The van der Waals surface area contributed by atoms with Gasteiger partial charge in [0.25, 0.3) is 0 Å². The van der Waals surface area contributed by atoms with E-state index in [1.807, 2.05) is 19.9 Å². The van der Waals surface area contributed by atoms with Crippen LogP contribution in [0, 0.1) is 11.6 Å². The van der Waals surface area contributed by atoms with Crippen molar-refractivity contribution in [2.75, 3.05) is 26.2 Å². The largest absolute Gasteiger partial charge is 0.337 e. The molecule has 2 N–H and O–H groups in total. The Bertz CT molecular complexity index is 1540. The maximum absolute atomic E-state index is 14.7. The summed E-state index contributed by atoms with van der Waals surface area (Å²) in [7, 11) is 0. The number of nitrogens with one attached hydrogen (secondary N) is 2. The standard InChI is InChI=1S/C29H33F2N7O3.C2H6.C2H4/c1-2-32-13-5-15-37-18-19(21-6-3-7-22(30)25(21)31)9-10-23(27(37)39)34-28(40)36-16-11-20(12-17-36)38-24-8-4-14-33-26(24)35-29(38)41;2*1-2/h2-8,13-14,19-20,23H,9-12,15-18H2,1H3,(H,34,40)(H,33,35,41);1-2H3;1-2H2/b13-5-,32-2?;;. The van der Waals surface area contributed by atoms with Gasteiger partial charge >= 0.3 is 11.7 Å². The van der Waals surface area contributed by atoms with Crippen LogP contribution in [-0.4, -0.2) is 74.7 Å². The van der Waals surface area contributed by atoms with Crippen LogP contribution in [0.1, 0.15) is 64.0 Å². The van der Waals surface area contributed by atoms with E-state index in [0.29, 0.717) is 38.0 Å². The SMILES string of the molecule is C=C.CC.CC=N/C=C\CN1CC(c2cccc(F)c2F)CCC(NC(=O)N2CCC(n3c(=O)[nH]c4ncccc43)CC2)C1=O. The molecule has 0 spiro atoms. The lowest BCUT2D eigenvalue weighted by Gasteiger charge is -2.33. The number of urea groups is 1. The van der Waals surface area contributed by atoms with Gasteiger partial charge in [0.2, 0.25) is 5.91 Å². The third-order valence-electron chi connectivity index (χ3n) is 7.85. The monoisotopic (exact) mass is 623 g/mol. The average Bonchev–Trinajstić information content (AvgIpc) is 3.33. The number of halogens is 2. The highest BCUT2D eigenvalue weighted by Crippen LogP contribution is 2.30. The van der Waals surface area contributed by atoms with Gasteiger partial charge in [-0.25, -0.2) is 23.4 Å². The second-order valence-corrected chi connectivity index (χ2v) is 10.3. The fourth-order valence-electron chi connectivity index (χ4n) is 5.76. The molecule has 4 heterocycles. The summed E-state index contributed by atoms with van der Waals surface area (Å²) in [6, 6.07) is 6.44. The van der Waals surface area contributed by atoms with Crippen LogP contribution in [-0.2, 0) is 4.79 Å². The molecule has 0 aliphatic carbocycles. The first-order chi connectivity index (χ1) is 21.9. The Morgan fingerprint density at radius 1 is 1.11 bits per heavy atom. The van der Waals surface area contributed by atoms with Gasteiger partial charge in [-0.05, 0) is 62.4 Å². The molecule has 5 rings (SSSR count). The molecule has 0 radical (unpaired) electrons. The third kappa shape index (κ3) is 8.31. The molecule has 0 bridgehead atoms. The van der Waals surface area contributed by atoms with Crippen molar-refractivity contribution < 1.29 is 18.4 Å². The number of pyridine rings is 1. The molecule has 2 saturated heterocycles. The smallest absolute Gasteiger partial charge is 0.327 e. The summed E-state index contributed by atoms with van der Waals surface area (Å²) in [5.74, 6) is -2.55. The summed E-state index contributed by atoms with van der Waals surface area (Å²) in [4.78, 5) is 53.6. The number of likely N-dealkylation sites (tertiary alicyclic amines) is 2. The number of imidazole rings is 1. The van der Waals surface area contributed by atoms with Gasteiger partial charge in [-0.2, -0.15) is 0 Å². The molecule has 45 heavy (non-hydrogen) atoms. The van der Waals surface area contributed by atoms with Gasteiger partial charge in [0.05, 0.1) is 5.52 Å². The van der Waals surface area contributed by atoms with E-state index in [-0.39, 0.29) is 48.7 Å². The van der Waals surface area contributed by atoms with Crippen molar-refractivity contribution in [1.29, 1.82) is 0 Å². The van der Waals surface area contributed by atoms with E-state index >= 15 is 0 Å². The Kier molecular flexibility index (Phi) is 13.2. The number of benzene rings is 1. The van der Waals surface area contributed by atoms with Crippen LogP contribution in [0.2, 0.25) is 0 Å². The Morgan fingerprint density at radius 3 is 2.56 bits per heavy atom. The van der Waals surface area contributed by atoms with E-state index in [9.17, 15) is 23.2 Å². The highest BCUT2D eigenvalue weighted by Gasteiger charge is 2.35. The minimum absolute atomic E-state index is 0.0843. The van der Waals surface area contributed by atoms with Crippen LogP contribution in [0.15, 0.2) is 71.7 Å². The number of hydrogen-bond acceptors (Lipinski definition) is 5. The Balaban J connectivity index is 0.00000133. The maximum atomic E-state index is 14.7. The van der Waals surface area contributed by atoms with E-state index in [4.69, 9.17) is 0 Å². The van der Waals surface area contributed by atoms with Gasteiger partial charge in [-0.15, -0.1) is 13.2 Å². The lowest BCUT2D eigenvalue weighted by molar-refractivity contribution is -0.132. The van der Waals surface area contributed by atoms with Crippen LogP contribution in [0.3, 0.4) is 0 Å². The van der Waals surface area contributed by atoms with E-state index in [1.54, 1.807) is 58.1 Å². The Morgan fingerprint density at radius 2 is 1.84 bits per heavy atom. The Labute approximate surface area is 262 Å². The number of piperidine rings is 1. The molecule has 2 unspecified atom stereocenters. The van der Waals surface area contributed by atoms with Crippen molar-refractivity contribution in [3.05, 3.63) is 89.6 Å². The zero-order chi connectivity index (χ0) is 32.9. The summed E-state index contributed by atoms with van der Waals surface area (Å²) < 4.78 is 30.4. The first-order valence-corrected chi connectivity index (χ1v) is 15.3. The quantitative estimate of drug-likeness (QED) is 0.277. The van der Waals surface area contributed by atoms with Crippen LogP contribution < -0.4 is 11.0 Å². The van der Waals surface area contributed by atoms with Gasteiger partial charge in [-0.3, -0.25) is 19.3 Å². The number of aromatic nitrogens is 3. The van der Waals surface area contributed by atoms with Gasteiger partial charge in [0, 0.05) is 56.8 Å². The van der Waals surface area contributed by atoms with Gasteiger partial charge in [-0.1, -0.05) is 26.0 Å². The zero-order valence-corrected chi connectivity index (χ0v) is 26.2. The lowest BCUT2D eigenvalue weighted by Crippen LogP contribution is -2.53. The number of H-pyrrole nitrogens is 1. The lowest BCUT2D eigenvalue weighted by atomic mass is 9.93. The number of rotatable bonds is 6. The molecule has 2 aliphatic rings. The second-order valence-electron chi connectivity index (χ2n) is 10.3. The Hall–Kier alpha value is -4.61. The number of fused-ring (bicyclic) bond motifs is 1. The molecule has 3 aromatic rings. The number of aliphatic imine (C=N–C) groups is 1. The van der Waals surface area contributed by atoms with Gasteiger partial charge < -0.3 is 15.1 Å². The van der Waals surface area contributed by atoms with Crippen LogP contribution in [0.5, 0.6) is 0 Å². The molecule has 3 amide bonds. The topological polar surface area (TPSA) is 116 Å².